The van der Waals surface area contributed by atoms with Gasteiger partial charge in [0.1, 0.15) is 12.1 Å². The van der Waals surface area contributed by atoms with Crippen LogP contribution in [-0.2, 0) is 27.3 Å². The van der Waals surface area contributed by atoms with E-state index in [0.29, 0.717) is 44.1 Å². The van der Waals surface area contributed by atoms with Gasteiger partial charge in [-0.05, 0) is 34.7 Å². The zero-order chi connectivity index (χ0) is 22.0. The Morgan fingerprint density at radius 1 is 1.10 bits per heavy atom. The van der Waals surface area contributed by atoms with Crippen molar-refractivity contribution in [2.75, 3.05) is 19.7 Å². The van der Waals surface area contributed by atoms with Crippen LogP contribution in [0.5, 0.6) is 0 Å². The minimum atomic E-state index is -0.467. The fourth-order valence-corrected chi connectivity index (χ4v) is 4.54. The van der Waals surface area contributed by atoms with Crippen molar-refractivity contribution in [2.24, 2.45) is 5.92 Å². The number of carbonyl (C=O) groups is 2. The summed E-state index contributed by atoms with van der Waals surface area (Å²) < 4.78 is 5.94. The molecule has 0 bridgehead atoms. The normalized spacial score (nSPS) is 21.2. The minimum Gasteiger partial charge on any atom is -0.370 e. The lowest BCUT2D eigenvalue weighted by Gasteiger charge is -2.41. The van der Waals surface area contributed by atoms with E-state index in [9.17, 15) is 9.59 Å². The third-order valence-electron chi connectivity index (χ3n) is 6.06. The van der Waals surface area contributed by atoms with Crippen LogP contribution in [0, 0.1) is 5.92 Å². The van der Waals surface area contributed by atoms with Gasteiger partial charge in [-0.2, -0.15) is 0 Å². The minimum absolute atomic E-state index is 0.00822. The van der Waals surface area contributed by atoms with E-state index in [1.54, 1.807) is 4.90 Å². The zero-order valence-electron chi connectivity index (χ0n) is 18.1. The molecule has 2 aliphatic rings. The monoisotopic (exact) mass is 440 g/mol. The van der Waals surface area contributed by atoms with Gasteiger partial charge in [-0.25, -0.2) is 0 Å². The summed E-state index contributed by atoms with van der Waals surface area (Å²) in [5.74, 6) is 0.303. The molecule has 2 unspecified atom stereocenters. The van der Waals surface area contributed by atoms with E-state index < -0.39 is 6.04 Å². The summed E-state index contributed by atoms with van der Waals surface area (Å²) >= 11 is 6.01. The second-order valence-electron chi connectivity index (χ2n) is 8.80. The fraction of sp³-hybridized carbons (Fsp3) is 0.440. The molecule has 0 N–H and O–H groups in total. The van der Waals surface area contributed by atoms with E-state index in [2.05, 4.69) is 12.1 Å². The summed E-state index contributed by atoms with van der Waals surface area (Å²) in [4.78, 5) is 30.3. The first-order valence-corrected chi connectivity index (χ1v) is 11.3. The van der Waals surface area contributed by atoms with Crippen LogP contribution < -0.4 is 0 Å². The maximum Gasteiger partial charge on any atom is 0.245 e. The van der Waals surface area contributed by atoms with E-state index in [-0.39, 0.29) is 23.8 Å². The highest BCUT2D eigenvalue weighted by atomic mass is 35.5. The van der Waals surface area contributed by atoms with Gasteiger partial charge in [0.2, 0.25) is 11.8 Å². The molecule has 2 aromatic rings. The van der Waals surface area contributed by atoms with Gasteiger partial charge in [0.25, 0.3) is 0 Å². The highest BCUT2D eigenvalue weighted by molar-refractivity contribution is 6.30. The van der Waals surface area contributed by atoms with Gasteiger partial charge in [0, 0.05) is 31.0 Å². The lowest BCUT2D eigenvalue weighted by atomic mass is 9.92. The highest BCUT2D eigenvalue weighted by Gasteiger charge is 2.38. The SMILES string of the molecule is CC(C)CC(=O)N1Cc2ccccc2CC1C(=O)N1CCOC(c2ccc(Cl)cc2)C1. The van der Waals surface area contributed by atoms with E-state index in [4.69, 9.17) is 16.3 Å². The van der Waals surface area contributed by atoms with Crippen molar-refractivity contribution in [1.82, 2.24) is 9.80 Å². The lowest BCUT2D eigenvalue weighted by molar-refractivity contribution is -0.152. The van der Waals surface area contributed by atoms with Crippen LogP contribution in [0.25, 0.3) is 0 Å². The molecule has 2 aliphatic heterocycles. The first kappa shape index (κ1) is 21.8. The number of amides is 2. The van der Waals surface area contributed by atoms with Crippen molar-refractivity contribution in [1.29, 1.82) is 0 Å². The largest absolute Gasteiger partial charge is 0.370 e. The number of ether oxygens (including phenoxy) is 1. The van der Waals surface area contributed by atoms with Gasteiger partial charge in [0.15, 0.2) is 0 Å². The Balaban J connectivity index is 1.55. The second-order valence-corrected chi connectivity index (χ2v) is 9.24. The number of halogens is 1. The molecule has 31 heavy (non-hydrogen) atoms. The average Bonchev–Trinajstić information content (AvgIpc) is 2.78. The van der Waals surface area contributed by atoms with Gasteiger partial charge < -0.3 is 14.5 Å². The predicted octanol–water partition coefficient (Wildman–Crippen LogP) is 4.24. The van der Waals surface area contributed by atoms with Gasteiger partial charge >= 0.3 is 0 Å². The van der Waals surface area contributed by atoms with Crippen molar-refractivity contribution < 1.29 is 14.3 Å². The molecular weight excluding hydrogens is 412 g/mol. The zero-order valence-corrected chi connectivity index (χ0v) is 18.8. The second kappa shape index (κ2) is 9.41. The molecule has 4 rings (SSSR count). The van der Waals surface area contributed by atoms with Crippen LogP contribution in [-0.4, -0.2) is 47.4 Å². The summed E-state index contributed by atoms with van der Waals surface area (Å²) in [6.45, 7) is 6.04. The molecule has 6 heteroatoms. The molecule has 0 aromatic heterocycles. The first-order chi connectivity index (χ1) is 14.9. The quantitative estimate of drug-likeness (QED) is 0.714. The number of nitrogens with zero attached hydrogens (tertiary/aromatic N) is 2. The molecule has 1 saturated heterocycles. The standard InChI is InChI=1S/C25H29ClN2O3/c1-17(2)13-24(29)28-15-20-6-4-3-5-19(20)14-22(28)25(30)27-11-12-31-23(16-27)18-7-9-21(26)10-8-18/h3-10,17,22-23H,11-16H2,1-2H3. The third kappa shape index (κ3) is 4.94. The van der Waals surface area contributed by atoms with E-state index >= 15 is 0 Å². The van der Waals surface area contributed by atoms with E-state index in [1.165, 1.54) is 0 Å². The average molecular weight is 441 g/mol. The summed E-state index contributed by atoms with van der Waals surface area (Å²) in [5, 5.41) is 0.674. The van der Waals surface area contributed by atoms with Crippen molar-refractivity contribution in [3.63, 3.8) is 0 Å². The van der Waals surface area contributed by atoms with Crippen LogP contribution in [0.4, 0.5) is 0 Å². The predicted molar refractivity (Wildman–Crippen MR) is 121 cm³/mol. The Morgan fingerprint density at radius 3 is 2.52 bits per heavy atom. The van der Waals surface area contributed by atoms with Crippen LogP contribution in [0.15, 0.2) is 48.5 Å². The topological polar surface area (TPSA) is 49.9 Å². The van der Waals surface area contributed by atoms with Gasteiger partial charge in [-0.3, -0.25) is 9.59 Å². The molecule has 0 aliphatic carbocycles. The van der Waals surface area contributed by atoms with Gasteiger partial charge in [-0.1, -0.05) is 61.8 Å². The molecule has 5 nitrogen and oxygen atoms in total. The number of morpholine rings is 1. The Kier molecular flexibility index (Phi) is 6.63. The molecule has 0 radical (unpaired) electrons. The molecule has 2 aromatic carbocycles. The van der Waals surface area contributed by atoms with E-state index in [1.807, 2.05) is 55.1 Å². The smallest absolute Gasteiger partial charge is 0.245 e. The Hall–Kier alpha value is -2.37. The van der Waals surface area contributed by atoms with E-state index in [0.717, 1.165) is 16.7 Å². The summed E-state index contributed by atoms with van der Waals surface area (Å²) in [6.07, 6.45) is 0.815. The molecule has 2 atom stereocenters. The van der Waals surface area contributed by atoms with Gasteiger partial charge in [-0.15, -0.1) is 0 Å². The Labute approximate surface area is 188 Å². The fourth-order valence-electron chi connectivity index (χ4n) is 4.41. The summed E-state index contributed by atoms with van der Waals surface area (Å²) in [5.41, 5.74) is 3.28. The number of carbonyl (C=O) groups excluding carboxylic acids is 2. The molecule has 0 spiro atoms. The van der Waals surface area contributed by atoms with Crippen molar-refractivity contribution in [3.8, 4) is 0 Å². The van der Waals surface area contributed by atoms with Crippen molar-refractivity contribution in [2.45, 2.75) is 45.4 Å². The van der Waals surface area contributed by atoms with Crippen LogP contribution in [0.3, 0.4) is 0 Å². The molecular formula is C25H29ClN2O3. The van der Waals surface area contributed by atoms with Crippen LogP contribution >= 0.6 is 11.6 Å². The number of hydrogen-bond donors (Lipinski definition) is 0. The van der Waals surface area contributed by atoms with Crippen LogP contribution in [0.1, 0.15) is 43.1 Å². The number of fused-ring (bicyclic) bond motifs is 1. The maximum atomic E-state index is 13.6. The first-order valence-electron chi connectivity index (χ1n) is 10.9. The highest BCUT2D eigenvalue weighted by Crippen LogP contribution is 2.29. The molecule has 2 heterocycles. The summed E-state index contributed by atoms with van der Waals surface area (Å²) in [6, 6.07) is 15.2. The molecule has 164 valence electrons. The Bertz CT molecular complexity index is 944. The lowest BCUT2D eigenvalue weighted by Crippen LogP contribution is -2.56. The number of hydrogen-bond acceptors (Lipinski definition) is 3. The Morgan fingerprint density at radius 2 is 1.81 bits per heavy atom. The number of rotatable bonds is 4. The van der Waals surface area contributed by atoms with Gasteiger partial charge in [0.05, 0.1) is 13.2 Å². The third-order valence-corrected chi connectivity index (χ3v) is 6.31. The summed E-state index contributed by atoms with van der Waals surface area (Å²) in [7, 11) is 0. The number of benzene rings is 2. The van der Waals surface area contributed by atoms with Crippen LogP contribution in [0.2, 0.25) is 5.02 Å². The molecule has 0 saturated carbocycles. The maximum absolute atomic E-state index is 13.6. The van der Waals surface area contributed by atoms with Crippen molar-refractivity contribution >= 4 is 23.4 Å². The molecule has 2 amide bonds. The van der Waals surface area contributed by atoms with Crippen molar-refractivity contribution in [3.05, 3.63) is 70.2 Å². The molecule has 1 fully saturated rings.